The number of rotatable bonds is 8. The summed E-state index contributed by atoms with van der Waals surface area (Å²) in [7, 11) is 0. The van der Waals surface area contributed by atoms with Crippen molar-refractivity contribution < 1.29 is 33.3 Å². The zero-order chi connectivity index (χ0) is 27.4. The molecule has 1 fully saturated rings. The molecule has 0 spiro atoms. The number of esters is 1. The minimum Gasteiger partial charge on any atom is -0.462 e. The first-order chi connectivity index (χ1) is 18.2. The summed E-state index contributed by atoms with van der Waals surface area (Å²) in [5.74, 6) is -1.63. The van der Waals surface area contributed by atoms with Gasteiger partial charge in [-0.15, -0.1) is 0 Å². The summed E-state index contributed by atoms with van der Waals surface area (Å²) in [6.45, 7) is 1.21. The van der Waals surface area contributed by atoms with E-state index in [1.54, 1.807) is 13.0 Å². The van der Waals surface area contributed by atoms with Crippen molar-refractivity contribution in [3.63, 3.8) is 0 Å². The number of imide groups is 1. The van der Waals surface area contributed by atoms with Crippen molar-refractivity contribution in [3.05, 3.63) is 86.0 Å². The molecule has 0 aliphatic carbocycles. The SMILES string of the molecule is CCOC(=O)c1cc(NC(=O)CN2C(=O)S/C(=C/c3ccc(-c4ccccc4[N+](=O)[O-])o3)C2=O)ccc1Cl. The van der Waals surface area contributed by atoms with Crippen LogP contribution in [0.25, 0.3) is 17.4 Å². The highest BCUT2D eigenvalue weighted by Gasteiger charge is 2.36. The van der Waals surface area contributed by atoms with Crippen LogP contribution in [0.1, 0.15) is 23.0 Å². The van der Waals surface area contributed by atoms with Gasteiger partial charge in [0.2, 0.25) is 5.91 Å². The molecule has 3 aromatic rings. The number of hydrogen-bond donors (Lipinski definition) is 1. The zero-order valence-corrected chi connectivity index (χ0v) is 21.2. The summed E-state index contributed by atoms with van der Waals surface area (Å²) >= 11 is 6.65. The van der Waals surface area contributed by atoms with E-state index >= 15 is 0 Å². The van der Waals surface area contributed by atoms with E-state index in [0.29, 0.717) is 11.8 Å². The zero-order valence-electron chi connectivity index (χ0n) is 19.6. The first kappa shape index (κ1) is 26.6. The number of para-hydroxylation sites is 1. The molecule has 11 nitrogen and oxygen atoms in total. The van der Waals surface area contributed by atoms with Gasteiger partial charge in [-0.25, -0.2) is 4.79 Å². The molecular formula is C25H18ClN3O8S. The Morgan fingerprint density at radius 1 is 1.18 bits per heavy atom. The van der Waals surface area contributed by atoms with Crippen molar-refractivity contribution in [2.24, 2.45) is 0 Å². The summed E-state index contributed by atoms with van der Waals surface area (Å²) in [4.78, 5) is 61.4. The van der Waals surface area contributed by atoms with Crippen LogP contribution in [0.15, 0.2) is 63.9 Å². The molecule has 13 heteroatoms. The molecule has 2 aromatic carbocycles. The largest absolute Gasteiger partial charge is 0.462 e. The first-order valence-electron chi connectivity index (χ1n) is 11.0. The fourth-order valence-electron chi connectivity index (χ4n) is 3.49. The number of furan rings is 1. The van der Waals surface area contributed by atoms with Gasteiger partial charge in [-0.1, -0.05) is 23.7 Å². The van der Waals surface area contributed by atoms with Crippen molar-refractivity contribution in [2.45, 2.75) is 6.92 Å². The van der Waals surface area contributed by atoms with Gasteiger partial charge in [0.05, 0.1) is 32.6 Å². The number of nitrogens with zero attached hydrogens (tertiary/aromatic N) is 2. The van der Waals surface area contributed by atoms with E-state index in [2.05, 4.69) is 5.32 Å². The molecule has 1 aliphatic heterocycles. The van der Waals surface area contributed by atoms with Gasteiger partial charge in [0.1, 0.15) is 18.1 Å². The van der Waals surface area contributed by atoms with Gasteiger partial charge in [-0.05, 0) is 55.1 Å². The number of nitrogens with one attached hydrogen (secondary N) is 1. The standard InChI is InChI=1S/C25H18ClN3O8S/c1-2-36-24(32)17-11-14(7-9-18(17)26)27-22(30)13-28-23(31)21(38-25(28)33)12-15-8-10-20(37-15)16-5-3-4-6-19(16)29(34)35/h3-12H,2,13H2,1H3,(H,27,30)/b21-12+. The molecule has 0 saturated carbocycles. The highest BCUT2D eigenvalue weighted by molar-refractivity contribution is 8.18. The Labute approximate surface area is 224 Å². The lowest BCUT2D eigenvalue weighted by Crippen LogP contribution is -2.36. The van der Waals surface area contributed by atoms with Gasteiger partial charge in [0.25, 0.3) is 16.8 Å². The number of benzene rings is 2. The van der Waals surface area contributed by atoms with Crippen LogP contribution < -0.4 is 5.32 Å². The van der Waals surface area contributed by atoms with E-state index in [4.69, 9.17) is 20.8 Å². The summed E-state index contributed by atoms with van der Waals surface area (Å²) < 4.78 is 10.6. The number of carbonyl (C=O) groups excluding carboxylic acids is 4. The molecule has 3 amide bonds. The smallest absolute Gasteiger partial charge is 0.339 e. The average Bonchev–Trinajstić information content (AvgIpc) is 3.45. The number of amides is 3. The van der Waals surface area contributed by atoms with E-state index < -0.39 is 34.5 Å². The molecule has 1 aromatic heterocycles. The lowest BCUT2D eigenvalue weighted by molar-refractivity contribution is -0.384. The van der Waals surface area contributed by atoms with Crippen molar-refractivity contribution in [1.82, 2.24) is 4.90 Å². The monoisotopic (exact) mass is 555 g/mol. The third kappa shape index (κ3) is 5.76. The van der Waals surface area contributed by atoms with Crippen LogP contribution in [0.3, 0.4) is 0 Å². The third-order valence-electron chi connectivity index (χ3n) is 5.19. The average molecular weight is 556 g/mol. The Morgan fingerprint density at radius 2 is 1.95 bits per heavy atom. The third-order valence-corrected chi connectivity index (χ3v) is 6.42. The molecule has 194 valence electrons. The number of hydrogen-bond acceptors (Lipinski definition) is 9. The van der Waals surface area contributed by atoms with Crippen LogP contribution in [-0.2, 0) is 14.3 Å². The quantitative estimate of drug-likeness (QED) is 0.168. The molecule has 1 saturated heterocycles. The summed E-state index contributed by atoms with van der Waals surface area (Å²) in [5, 5.41) is 13.3. The molecular weight excluding hydrogens is 538 g/mol. The minimum atomic E-state index is -0.706. The normalized spacial score (nSPS) is 14.2. The number of carbonyl (C=O) groups is 4. The summed E-state index contributed by atoms with van der Waals surface area (Å²) in [5.41, 5.74) is 0.396. The van der Waals surface area contributed by atoms with Crippen molar-refractivity contribution in [2.75, 3.05) is 18.5 Å². The number of ether oxygens (including phenoxy) is 1. The van der Waals surface area contributed by atoms with Crippen LogP contribution in [0.2, 0.25) is 5.02 Å². The molecule has 0 unspecified atom stereocenters. The second-order valence-electron chi connectivity index (χ2n) is 7.71. The number of nitro benzene ring substituents is 1. The van der Waals surface area contributed by atoms with Gasteiger partial charge >= 0.3 is 5.97 Å². The van der Waals surface area contributed by atoms with Crippen LogP contribution in [0.4, 0.5) is 16.2 Å². The highest BCUT2D eigenvalue weighted by Crippen LogP contribution is 2.35. The van der Waals surface area contributed by atoms with E-state index in [1.165, 1.54) is 54.6 Å². The van der Waals surface area contributed by atoms with E-state index in [0.717, 1.165) is 4.90 Å². The minimum absolute atomic E-state index is 0.0161. The van der Waals surface area contributed by atoms with Gasteiger partial charge in [-0.3, -0.25) is 29.4 Å². The Morgan fingerprint density at radius 3 is 2.68 bits per heavy atom. The predicted octanol–water partition coefficient (Wildman–Crippen LogP) is 5.36. The van der Waals surface area contributed by atoms with Gasteiger partial charge < -0.3 is 14.5 Å². The fourth-order valence-corrected chi connectivity index (χ4v) is 4.51. The molecule has 1 N–H and O–H groups in total. The fraction of sp³-hybridized carbons (Fsp3) is 0.120. The van der Waals surface area contributed by atoms with Crippen molar-refractivity contribution in [3.8, 4) is 11.3 Å². The van der Waals surface area contributed by atoms with Crippen LogP contribution in [0.5, 0.6) is 0 Å². The van der Waals surface area contributed by atoms with Gasteiger partial charge in [-0.2, -0.15) is 0 Å². The number of thioether (sulfide) groups is 1. The van der Waals surface area contributed by atoms with E-state index in [1.807, 2.05) is 0 Å². The molecule has 0 radical (unpaired) electrons. The maximum absolute atomic E-state index is 12.8. The number of halogens is 1. The van der Waals surface area contributed by atoms with E-state index in [9.17, 15) is 29.3 Å². The maximum Gasteiger partial charge on any atom is 0.339 e. The first-order valence-corrected chi connectivity index (χ1v) is 12.2. The Hall–Kier alpha value is -4.42. The molecule has 0 atom stereocenters. The lowest BCUT2D eigenvalue weighted by atomic mass is 10.1. The van der Waals surface area contributed by atoms with Crippen LogP contribution in [0, 0.1) is 10.1 Å². The second kappa shape index (κ2) is 11.3. The van der Waals surface area contributed by atoms with Crippen LogP contribution >= 0.6 is 23.4 Å². The molecule has 38 heavy (non-hydrogen) atoms. The molecule has 1 aliphatic rings. The predicted molar refractivity (Wildman–Crippen MR) is 140 cm³/mol. The van der Waals surface area contributed by atoms with E-state index in [-0.39, 0.29) is 50.6 Å². The van der Waals surface area contributed by atoms with Gasteiger partial charge in [0.15, 0.2) is 0 Å². The maximum atomic E-state index is 12.8. The molecule has 0 bridgehead atoms. The van der Waals surface area contributed by atoms with Crippen LogP contribution in [-0.4, -0.2) is 46.0 Å². The Balaban J connectivity index is 1.46. The molecule has 2 heterocycles. The Bertz CT molecular complexity index is 1500. The molecule has 4 rings (SSSR count). The number of nitro groups is 1. The number of anilines is 1. The topological polar surface area (TPSA) is 149 Å². The van der Waals surface area contributed by atoms with Crippen molar-refractivity contribution >= 4 is 63.8 Å². The summed E-state index contributed by atoms with van der Waals surface area (Å²) in [6, 6.07) is 13.3. The van der Waals surface area contributed by atoms with Crippen molar-refractivity contribution in [1.29, 1.82) is 0 Å². The highest BCUT2D eigenvalue weighted by atomic mass is 35.5. The van der Waals surface area contributed by atoms with Gasteiger partial charge in [0, 0.05) is 17.8 Å². The second-order valence-corrected chi connectivity index (χ2v) is 9.11. The Kier molecular flexibility index (Phi) is 7.93. The summed E-state index contributed by atoms with van der Waals surface area (Å²) in [6.07, 6.45) is 1.33. The lowest BCUT2D eigenvalue weighted by Gasteiger charge is -2.13.